The van der Waals surface area contributed by atoms with Crippen molar-refractivity contribution in [2.24, 2.45) is 7.05 Å². The average molecular weight is 320 g/mol. The number of aromatic nitrogens is 2. The van der Waals surface area contributed by atoms with Crippen molar-refractivity contribution in [3.8, 4) is 0 Å². The van der Waals surface area contributed by atoms with Crippen molar-refractivity contribution in [3.05, 3.63) is 33.1 Å². The van der Waals surface area contributed by atoms with Gasteiger partial charge in [0, 0.05) is 48.5 Å². The van der Waals surface area contributed by atoms with Crippen molar-refractivity contribution in [1.82, 2.24) is 15.1 Å². The molecule has 3 rings (SSSR count). The van der Waals surface area contributed by atoms with E-state index < -0.39 is 0 Å². The number of thiophene rings is 1. The summed E-state index contributed by atoms with van der Waals surface area (Å²) in [6.45, 7) is 9.48. The molecule has 3 heterocycles. The molecule has 5 nitrogen and oxygen atoms in total. The maximum atomic E-state index is 5.46. The minimum atomic E-state index is 0.797. The minimum absolute atomic E-state index is 0.797. The number of aryl methyl sites for hydroxylation is 3. The van der Waals surface area contributed by atoms with E-state index in [9.17, 15) is 0 Å². The highest BCUT2D eigenvalue weighted by atomic mass is 32.1. The Morgan fingerprint density at radius 1 is 1.23 bits per heavy atom. The lowest BCUT2D eigenvalue weighted by atomic mass is 10.2. The molecule has 1 saturated heterocycles. The van der Waals surface area contributed by atoms with Crippen molar-refractivity contribution >= 4 is 17.2 Å². The third-order valence-corrected chi connectivity index (χ3v) is 5.02. The van der Waals surface area contributed by atoms with Crippen molar-refractivity contribution in [1.29, 1.82) is 0 Å². The van der Waals surface area contributed by atoms with E-state index in [1.807, 2.05) is 23.1 Å². The van der Waals surface area contributed by atoms with Gasteiger partial charge in [-0.3, -0.25) is 4.68 Å². The number of anilines is 1. The summed E-state index contributed by atoms with van der Waals surface area (Å²) in [6.07, 6.45) is 0. The topological polar surface area (TPSA) is 42.3 Å². The van der Waals surface area contributed by atoms with E-state index in [1.54, 1.807) is 0 Å². The molecule has 0 bridgehead atoms. The van der Waals surface area contributed by atoms with Crippen LogP contribution in [-0.2, 0) is 24.9 Å². The number of ether oxygens (including phenoxy) is 1. The van der Waals surface area contributed by atoms with Crippen LogP contribution in [0.1, 0.15) is 21.0 Å². The number of morpholine rings is 1. The Morgan fingerprint density at radius 3 is 2.68 bits per heavy atom. The second-order valence-electron chi connectivity index (χ2n) is 5.73. The molecule has 0 aliphatic carbocycles. The average Bonchev–Trinajstić information content (AvgIpc) is 3.04. The third-order valence-electron chi connectivity index (χ3n) is 4.02. The monoisotopic (exact) mass is 320 g/mol. The summed E-state index contributed by atoms with van der Waals surface area (Å²) in [4.78, 5) is 5.13. The van der Waals surface area contributed by atoms with Gasteiger partial charge < -0.3 is 15.0 Å². The molecule has 0 amide bonds. The number of hydrogen-bond donors (Lipinski definition) is 1. The molecule has 1 aliphatic heterocycles. The van der Waals surface area contributed by atoms with Gasteiger partial charge in [-0.2, -0.15) is 5.10 Å². The molecule has 0 saturated carbocycles. The molecule has 0 atom stereocenters. The summed E-state index contributed by atoms with van der Waals surface area (Å²) < 4.78 is 7.47. The molecule has 0 radical (unpaired) electrons. The maximum absolute atomic E-state index is 5.46. The van der Waals surface area contributed by atoms with Crippen LogP contribution in [-0.4, -0.2) is 36.1 Å². The molecule has 0 aromatic carbocycles. The molecule has 22 heavy (non-hydrogen) atoms. The first-order valence-electron chi connectivity index (χ1n) is 7.76. The third kappa shape index (κ3) is 3.34. The predicted octanol–water partition coefficient (Wildman–Crippen LogP) is 2.22. The SMILES string of the molecule is Cc1ccc(CNCc2c(C)nn(C)c2N2CCOCC2)s1. The zero-order valence-corrected chi connectivity index (χ0v) is 14.4. The van der Waals surface area contributed by atoms with Crippen LogP contribution >= 0.6 is 11.3 Å². The summed E-state index contributed by atoms with van der Waals surface area (Å²) in [6, 6.07) is 4.38. The lowest BCUT2D eigenvalue weighted by Crippen LogP contribution is -2.38. The molecule has 0 spiro atoms. The normalized spacial score (nSPS) is 15.5. The Balaban J connectivity index is 1.69. The molecule has 1 aliphatic rings. The Labute approximate surface area is 135 Å². The lowest BCUT2D eigenvalue weighted by Gasteiger charge is -2.29. The van der Waals surface area contributed by atoms with Gasteiger partial charge in [0.15, 0.2) is 0 Å². The second kappa shape index (κ2) is 6.81. The molecular weight excluding hydrogens is 296 g/mol. The fourth-order valence-electron chi connectivity index (χ4n) is 2.96. The Hall–Kier alpha value is -1.37. The summed E-state index contributed by atoms with van der Waals surface area (Å²) in [5, 5.41) is 8.18. The Kier molecular flexibility index (Phi) is 4.81. The van der Waals surface area contributed by atoms with Gasteiger partial charge in [0.2, 0.25) is 0 Å². The van der Waals surface area contributed by atoms with Crippen LogP contribution in [0.25, 0.3) is 0 Å². The zero-order chi connectivity index (χ0) is 15.5. The predicted molar refractivity (Wildman–Crippen MR) is 90.6 cm³/mol. The molecular formula is C16H24N4OS. The minimum Gasteiger partial charge on any atom is -0.378 e. The van der Waals surface area contributed by atoms with Crippen LogP contribution in [0, 0.1) is 13.8 Å². The van der Waals surface area contributed by atoms with Crippen molar-refractivity contribution in [3.63, 3.8) is 0 Å². The van der Waals surface area contributed by atoms with E-state index >= 15 is 0 Å². The Morgan fingerprint density at radius 2 is 2.00 bits per heavy atom. The van der Waals surface area contributed by atoms with Crippen LogP contribution in [0.5, 0.6) is 0 Å². The highest BCUT2D eigenvalue weighted by molar-refractivity contribution is 7.11. The first-order valence-corrected chi connectivity index (χ1v) is 8.58. The summed E-state index contributed by atoms with van der Waals surface area (Å²) >= 11 is 1.85. The molecule has 1 fully saturated rings. The highest BCUT2D eigenvalue weighted by Crippen LogP contribution is 2.24. The zero-order valence-electron chi connectivity index (χ0n) is 13.6. The first-order chi connectivity index (χ1) is 10.6. The number of rotatable bonds is 5. The fraction of sp³-hybridized carbons (Fsp3) is 0.562. The fourth-order valence-corrected chi connectivity index (χ4v) is 3.82. The van der Waals surface area contributed by atoms with Gasteiger partial charge in [0.25, 0.3) is 0 Å². The first kappa shape index (κ1) is 15.5. The van der Waals surface area contributed by atoms with E-state index in [0.717, 1.165) is 45.1 Å². The van der Waals surface area contributed by atoms with Crippen LogP contribution < -0.4 is 10.2 Å². The van der Waals surface area contributed by atoms with Gasteiger partial charge in [-0.25, -0.2) is 0 Å². The van der Waals surface area contributed by atoms with E-state index in [2.05, 4.69) is 41.3 Å². The molecule has 2 aromatic rings. The van der Waals surface area contributed by atoms with Gasteiger partial charge in [0.05, 0.1) is 18.9 Å². The quantitative estimate of drug-likeness (QED) is 0.917. The Bertz CT molecular complexity index is 628. The van der Waals surface area contributed by atoms with E-state index in [-0.39, 0.29) is 0 Å². The molecule has 120 valence electrons. The lowest BCUT2D eigenvalue weighted by molar-refractivity contribution is 0.122. The van der Waals surface area contributed by atoms with Gasteiger partial charge in [0.1, 0.15) is 5.82 Å². The van der Waals surface area contributed by atoms with Gasteiger partial charge in [-0.05, 0) is 26.0 Å². The van der Waals surface area contributed by atoms with E-state index in [0.29, 0.717) is 0 Å². The van der Waals surface area contributed by atoms with Gasteiger partial charge in [-0.1, -0.05) is 0 Å². The van der Waals surface area contributed by atoms with Gasteiger partial charge in [-0.15, -0.1) is 11.3 Å². The van der Waals surface area contributed by atoms with Crippen LogP contribution in [0.2, 0.25) is 0 Å². The largest absolute Gasteiger partial charge is 0.378 e. The maximum Gasteiger partial charge on any atom is 0.131 e. The highest BCUT2D eigenvalue weighted by Gasteiger charge is 2.20. The van der Waals surface area contributed by atoms with Crippen molar-refractivity contribution in [2.75, 3.05) is 31.2 Å². The van der Waals surface area contributed by atoms with Crippen molar-refractivity contribution in [2.45, 2.75) is 26.9 Å². The van der Waals surface area contributed by atoms with Crippen LogP contribution in [0.3, 0.4) is 0 Å². The summed E-state index contributed by atoms with van der Waals surface area (Å²) in [5.74, 6) is 1.23. The van der Waals surface area contributed by atoms with Crippen molar-refractivity contribution < 1.29 is 4.74 Å². The second-order valence-corrected chi connectivity index (χ2v) is 7.10. The van der Waals surface area contributed by atoms with E-state index in [4.69, 9.17) is 4.74 Å². The molecule has 0 unspecified atom stereocenters. The van der Waals surface area contributed by atoms with E-state index in [1.165, 1.54) is 21.1 Å². The molecule has 1 N–H and O–H groups in total. The van der Waals surface area contributed by atoms with Crippen LogP contribution in [0.15, 0.2) is 12.1 Å². The summed E-state index contributed by atoms with van der Waals surface area (Å²) in [5.41, 5.74) is 2.41. The smallest absolute Gasteiger partial charge is 0.131 e. The van der Waals surface area contributed by atoms with Gasteiger partial charge >= 0.3 is 0 Å². The number of hydrogen-bond acceptors (Lipinski definition) is 5. The molecule has 6 heteroatoms. The standard InChI is InChI=1S/C16H24N4OS/c1-12-4-5-14(22-12)10-17-11-15-13(2)18-19(3)16(15)20-6-8-21-9-7-20/h4-5,17H,6-11H2,1-3H3. The van der Waals surface area contributed by atoms with Crippen LogP contribution in [0.4, 0.5) is 5.82 Å². The molecule has 2 aromatic heterocycles. The number of nitrogens with zero attached hydrogens (tertiary/aromatic N) is 3. The summed E-state index contributed by atoms with van der Waals surface area (Å²) in [7, 11) is 2.03. The number of nitrogens with one attached hydrogen (secondary N) is 1.